The highest BCUT2D eigenvalue weighted by molar-refractivity contribution is 7.93. The second-order valence-corrected chi connectivity index (χ2v) is 13.2. The average molecular weight is 586 g/mol. The number of thiazole rings is 1. The first-order valence-corrected chi connectivity index (χ1v) is 15.8. The monoisotopic (exact) mass is 585 g/mol. The average Bonchev–Trinajstić information content (AvgIpc) is 3.66. The Labute approximate surface area is 236 Å². The van der Waals surface area contributed by atoms with Crippen molar-refractivity contribution in [1.29, 1.82) is 0 Å². The fourth-order valence-electron chi connectivity index (χ4n) is 5.16. The van der Waals surface area contributed by atoms with Crippen molar-refractivity contribution in [2.75, 3.05) is 31.1 Å². The first-order chi connectivity index (χ1) is 19.4. The van der Waals surface area contributed by atoms with Crippen LogP contribution in [0.5, 0.6) is 5.88 Å². The predicted octanol–water partition coefficient (Wildman–Crippen LogP) is 2.63. The van der Waals surface area contributed by atoms with E-state index in [-0.39, 0.29) is 28.2 Å². The van der Waals surface area contributed by atoms with Gasteiger partial charge in [-0.3, -0.25) is 24.4 Å². The second kappa shape index (κ2) is 11.4. The lowest BCUT2D eigenvalue weighted by atomic mass is 10.1. The Balaban J connectivity index is 1.24. The van der Waals surface area contributed by atoms with Crippen molar-refractivity contribution in [1.82, 2.24) is 30.2 Å². The minimum absolute atomic E-state index is 0.275. The number of anilines is 1. The van der Waals surface area contributed by atoms with Crippen LogP contribution in [0.2, 0.25) is 0 Å². The highest BCUT2D eigenvalue weighted by Crippen LogP contribution is 2.33. The molecule has 40 heavy (non-hydrogen) atoms. The van der Waals surface area contributed by atoms with Crippen molar-refractivity contribution in [3.63, 3.8) is 0 Å². The molecule has 1 unspecified atom stereocenters. The maximum absolute atomic E-state index is 13.5. The van der Waals surface area contributed by atoms with Crippen molar-refractivity contribution in [2.45, 2.75) is 56.0 Å². The number of hydrogen-bond donors (Lipinski definition) is 2. The standard InChI is InChI=1S/C26H31N7O5S2/c1-2-38-24-12-27-10-21(30-24)23-11-29-26(39-23)25(34)31-22(13-33-17-3-4-18(33)15-37-14-17)20-9-16(7-8-28-20)32-40(35,36)19-5-6-19/h7-12,17-19,22H,2-6,13-15H2,1H3,(H,28,32)(H,31,34)/t17-,18?,22+/m1/s1. The number of amides is 1. The summed E-state index contributed by atoms with van der Waals surface area (Å²) in [5.41, 5.74) is 1.58. The van der Waals surface area contributed by atoms with Crippen LogP contribution < -0.4 is 14.8 Å². The zero-order valence-corrected chi connectivity index (χ0v) is 23.7. The molecule has 3 fully saturated rings. The van der Waals surface area contributed by atoms with Gasteiger partial charge in [0.25, 0.3) is 5.91 Å². The Hall–Kier alpha value is -3.20. The summed E-state index contributed by atoms with van der Waals surface area (Å²) in [6, 6.07) is 3.39. The van der Waals surface area contributed by atoms with Crippen molar-refractivity contribution in [3.05, 3.63) is 47.6 Å². The molecule has 0 spiro atoms. The van der Waals surface area contributed by atoms with E-state index in [9.17, 15) is 13.2 Å². The van der Waals surface area contributed by atoms with E-state index in [0.717, 1.165) is 12.8 Å². The zero-order chi connectivity index (χ0) is 27.7. The van der Waals surface area contributed by atoms with Crippen LogP contribution in [-0.2, 0) is 14.8 Å². The molecule has 1 saturated carbocycles. The molecule has 3 aliphatic rings. The minimum Gasteiger partial charge on any atom is -0.477 e. The van der Waals surface area contributed by atoms with Crippen LogP contribution in [-0.4, -0.2) is 82.9 Å². The molecule has 0 radical (unpaired) electrons. The van der Waals surface area contributed by atoms with Crippen molar-refractivity contribution < 1.29 is 22.7 Å². The number of sulfonamides is 1. The van der Waals surface area contributed by atoms with E-state index in [0.29, 0.717) is 67.0 Å². The van der Waals surface area contributed by atoms with Gasteiger partial charge in [0.15, 0.2) is 5.01 Å². The second-order valence-electron chi connectivity index (χ2n) is 10.2. The third-order valence-electron chi connectivity index (χ3n) is 7.31. The summed E-state index contributed by atoms with van der Waals surface area (Å²) in [6.07, 6.45) is 9.73. The molecule has 14 heteroatoms. The van der Waals surface area contributed by atoms with Gasteiger partial charge in [-0.25, -0.2) is 18.4 Å². The summed E-state index contributed by atoms with van der Waals surface area (Å²) in [7, 11) is -3.43. The quantitative estimate of drug-likeness (QED) is 0.344. The van der Waals surface area contributed by atoms with E-state index < -0.39 is 16.1 Å². The molecule has 3 atom stereocenters. The van der Waals surface area contributed by atoms with Gasteiger partial charge in [-0.05, 0) is 44.7 Å². The number of carbonyl (C=O) groups excluding carboxylic acids is 1. The third kappa shape index (κ3) is 5.94. The molecule has 212 valence electrons. The molecule has 2 bridgehead atoms. The number of rotatable bonds is 11. The highest BCUT2D eigenvalue weighted by Gasteiger charge is 2.39. The molecule has 2 aliphatic heterocycles. The number of nitrogens with zero attached hydrogens (tertiary/aromatic N) is 5. The lowest BCUT2D eigenvalue weighted by molar-refractivity contribution is -0.0185. The number of carbonyl (C=O) groups is 1. The van der Waals surface area contributed by atoms with E-state index in [2.05, 4.69) is 34.9 Å². The maximum atomic E-state index is 13.5. The van der Waals surface area contributed by atoms with Crippen LogP contribution in [0.3, 0.4) is 0 Å². The maximum Gasteiger partial charge on any atom is 0.280 e. The van der Waals surface area contributed by atoms with Gasteiger partial charge in [-0.15, -0.1) is 11.3 Å². The van der Waals surface area contributed by atoms with Gasteiger partial charge in [0, 0.05) is 31.0 Å². The van der Waals surface area contributed by atoms with Crippen LogP contribution >= 0.6 is 11.3 Å². The summed E-state index contributed by atoms with van der Waals surface area (Å²) in [6.45, 7) is 4.18. The van der Waals surface area contributed by atoms with Gasteiger partial charge in [-0.1, -0.05) is 0 Å². The summed E-state index contributed by atoms with van der Waals surface area (Å²) in [4.78, 5) is 34.0. The van der Waals surface area contributed by atoms with E-state index >= 15 is 0 Å². The summed E-state index contributed by atoms with van der Waals surface area (Å²) >= 11 is 1.21. The first kappa shape index (κ1) is 27.0. The smallest absolute Gasteiger partial charge is 0.280 e. The fourth-order valence-corrected chi connectivity index (χ4v) is 7.32. The predicted molar refractivity (Wildman–Crippen MR) is 149 cm³/mol. The minimum atomic E-state index is -3.43. The number of ether oxygens (including phenoxy) is 2. The molecule has 2 saturated heterocycles. The molecule has 5 heterocycles. The number of pyridine rings is 1. The van der Waals surface area contributed by atoms with E-state index in [1.54, 1.807) is 30.7 Å². The molecular formula is C26H31N7O5S2. The van der Waals surface area contributed by atoms with Gasteiger partial charge in [0.2, 0.25) is 15.9 Å². The Morgan fingerprint density at radius 2 is 1.98 bits per heavy atom. The Bertz CT molecular complexity index is 1460. The molecule has 3 aromatic heterocycles. The van der Waals surface area contributed by atoms with E-state index in [1.807, 2.05) is 6.92 Å². The first-order valence-electron chi connectivity index (χ1n) is 13.4. The molecule has 1 amide bonds. The van der Waals surface area contributed by atoms with Crippen LogP contribution in [0, 0.1) is 0 Å². The Kier molecular flexibility index (Phi) is 7.66. The van der Waals surface area contributed by atoms with Crippen molar-refractivity contribution in [2.24, 2.45) is 0 Å². The van der Waals surface area contributed by atoms with E-state index in [1.165, 1.54) is 17.5 Å². The summed E-state index contributed by atoms with van der Waals surface area (Å²) < 4.78 is 39.0. The van der Waals surface area contributed by atoms with Gasteiger partial charge in [0.05, 0.1) is 59.8 Å². The molecule has 0 aromatic carbocycles. The van der Waals surface area contributed by atoms with Crippen LogP contribution in [0.25, 0.3) is 10.6 Å². The SMILES string of the molecule is CCOc1cncc(-c2cnc(C(=O)N[C@@H](CN3C4CC[C@@H]3COC4)c3cc(NS(=O)(=O)C4CC4)ccn3)s2)n1. The normalized spacial score (nSPS) is 21.6. The highest BCUT2D eigenvalue weighted by atomic mass is 32.2. The topological polar surface area (TPSA) is 149 Å². The number of hydrogen-bond acceptors (Lipinski definition) is 11. The molecule has 3 aromatic rings. The number of nitrogens with one attached hydrogen (secondary N) is 2. The lowest BCUT2D eigenvalue weighted by Crippen LogP contribution is -2.49. The van der Waals surface area contributed by atoms with Crippen molar-refractivity contribution >= 4 is 33.0 Å². The Morgan fingerprint density at radius 3 is 2.73 bits per heavy atom. The van der Waals surface area contributed by atoms with Gasteiger partial charge >= 0.3 is 0 Å². The Morgan fingerprint density at radius 1 is 1.18 bits per heavy atom. The molecule has 2 N–H and O–H groups in total. The number of aromatic nitrogens is 4. The van der Waals surface area contributed by atoms with Crippen molar-refractivity contribution in [3.8, 4) is 16.5 Å². The number of fused-ring (bicyclic) bond motifs is 2. The lowest BCUT2D eigenvalue weighted by Gasteiger charge is -2.37. The van der Waals surface area contributed by atoms with Crippen LogP contribution in [0.4, 0.5) is 5.69 Å². The fraction of sp³-hybridized carbons (Fsp3) is 0.500. The zero-order valence-electron chi connectivity index (χ0n) is 22.0. The molecule has 1 aliphatic carbocycles. The van der Waals surface area contributed by atoms with Gasteiger partial charge < -0.3 is 14.8 Å². The van der Waals surface area contributed by atoms with Crippen LogP contribution in [0.15, 0.2) is 36.9 Å². The molecule has 6 rings (SSSR count). The molecule has 12 nitrogen and oxygen atoms in total. The largest absolute Gasteiger partial charge is 0.477 e. The molecular weight excluding hydrogens is 554 g/mol. The summed E-state index contributed by atoms with van der Waals surface area (Å²) in [5.74, 6) is 0.0596. The summed E-state index contributed by atoms with van der Waals surface area (Å²) in [5, 5.41) is 3.04. The van der Waals surface area contributed by atoms with Gasteiger partial charge in [0.1, 0.15) is 5.69 Å². The number of morpholine rings is 1. The van der Waals surface area contributed by atoms with Crippen LogP contribution in [0.1, 0.15) is 54.1 Å². The van der Waals surface area contributed by atoms with Gasteiger partial charge in [-0.2, -0.15) is 0 Å². The van der Waals surface area contributed by atoms with E-state index in [4.69, 9.17) is 9.47 Å². The third-order valence-corrected chi connectivity index (χ3v) is 10.2.